The van der Waals surface area contributed by atoms with Crippen LogP contribution in [0.15, 0.2) is 59.1 Å². The molecular weight excluding hydrogens is 354 g/mol. The summed E-state index contributed by atoms with van der Waals surface area (Å²) < 4.78 is 1.03. The highest BCUT2D eigenvalue weighted by molar-refractivity contribution is 9.10. The highest BCUT2D eigenvalue weighted by Crippen LogP contribution is 2.41. The molecule has 1 aliphatic heterocycles. The van der Waals surface area contributed by atoms with E-state index < -0.39 is 0 Å². The Bertz CT molecular complexity index is 856. The first-order chi connectivity index (χ1) is 11.2. The Labute approximate surface area is 142 Å². The van der Waals surface area contributed by atoms with Crippen LogP contribution in [0.2, 0.25) is 0 Å². The van der Waals surface area contributed by atoms with Gasteiger partial charge in [-0.3, -0.25) is 9.89 Å². The summed E-state index contributed by atoms with van der Waals surface area (Å²) >= 11 is 3.46. The summed E-state index contributed by atoms with van der Waals surface area (Å²) in [6.45, 7) is 0. The van der Waals surface area contributed by atoms with Crippen molar-refractivity contribution < 1.29 is 4.79 Å². The normalized spacial score (nSPS) is 16.7. The molecule has 2 N–H and O–H groups in total. The van der Waals surface area contributed by atoms with E-state index in [1.54, 1.807) is 0 Å². The van der Waals surface area contributed by atoms with E-state index in [9.17, 15) is 4.79 Å². The molecule has 4 nitrogen and oxygen atoms in total. The van der Waals surface area contributed by atoms with Gasteiger partial charge < -0.3 is 5.32 Å². The van der Waals surface area contributed by atoms with E-state index in [1.807, 2.05) is 42.5 Å². The fraction of sp³-hybridized carbons (Fsp3) is 0.111. The molecule has 0 radical (unpaired) electrons. The number of benzene rings is 2. The van der Waals surface area contributed by atoms with E-state index in [0.29, 0.717) is 12.2 Å². The molecule has 1 aromatic heterocycles. The Hall–Kier alpha value is -2.40. The zero-order valence-electron chi connectivity index (χ0n) is 12.2. The number of fused-ring (bicyclic) bond motifs is 1. The van der Waals surface area contributed by atoms with Crippen LogP contribution in [0, 0.1) is 0 Å². The van der Waals surface area contributed by atoms with Crippen LogP contribution in [-0.2, 0) is 4.79 Å². The number of carbonyl (C=O) groups excluding carboxylic acids is 1. The van der Waals surface area contributed by atoms with E-state index in [1.165, 1.54) is 0 Å². The fourth-order valence-electron chi connectivity index (χ4n) is 3.06. The second kappa shape index (κ2) is 5.66. The molecular formula is C18H14BrN3O. The lowest BCUT2D eigenvalue weighted by molar-refractivity contribution is -0.116. The minimum Gasteiger partial charge on any atom is -0.309 e. The molecule has 0 bridgehead atoms. The highest BCUT2D eigenvalue weighted by Gasteiger charge is 2.31. The number of nitrogens with zero attached hydrogens (tertiary/aromatic N) is 1. The van der Waals surface area contributed by atoms with Crippen molar-refractivity contribution in [2.24, 2.45) is 0 Å². The van der Waals surface area contributed by atoms with Crippen LogP contribution in [0.1, 0.15) is 23.5 Å². The van der Waals surface area contributed by atoms with Gasteiger partial charge in [-0.25, -0.2) is 0 Å². The van der Waals surface area contributed by atoms with Crippen LogP contribution >= 0.6 is 15.9 Å². The van der Waals surface area contributed by atoms with Crippen molar-refractivity contribution in [1.82, 2.24) is 10.2 Å². The van der Waals surface area contributed by atoms with Crippen LogP contribution in [0.3, 0.4) is 0 Å². The molecule has 1 atom stereocenters. The summed E-state index contributed by atoms with van der Waals surface area (Å²) in [6.07, 6.45) is 0.425. The van der Waals surface area contributed by atoms with E-state index >= 15 is 0 Å². The summed E-state index contributed by atoms with van der Waals surface area (Å²) in [5.41, 5.74) is 4.20. The monoisotopic (exact) mass is 367 g/mol. The first-order valence-electron chi connectivity index (χ1n) is 7.41. The molecule has 1 amide bonds. The third-order valence-electron chi connectivity index (χ3n) is 4.13. The van der Waals surface area contributed by atoms with Crippen molar-refractivity contribution in [2.45, 2.75) is 12.3 Å². The van der Waals surface area contributed by atoms with Gasteiger partial charge in [0.2, 0.25) is 5.91 Å². The molecule has 0 spiro atoms. The van der Waals surface area contributed by atoms with Gasteiger partial charge in [-0.05, 0) is 23.3 Å². The molecule has 0 fully saturated rings. The summed E-state index contributed by atoms with van der Waals surface area (Å²) in [7, 11) is 0. The number of nitrogens with one attached hydrogen (secondary N) is 2. The molecule has 3 aromatic rings. The van der Waals surface area contributed by atoms with Crippen LogP contribution < -0.4 is 5.32 Å². The highest BCUT2D eigenvalue weighted by atomic mass is 79.9. The molecule has 114 valence electrons. The summed E-state index contributed by atoms with van der Waals surface area (Å²) in [4.78, 5) is 12.0. The number of carbonyl (C=O) groups is 1. The maximum Gasteiger partial charge on any atom is 0.226 e. The lowest BCUT2D eigenvalue weighted by atomic mass is 9.84. The van der Waals surface area contributed by atoms with Gasteiger partial charge in [0.25, 0.3) is 0 Å². The fourth-order valence-corrected chi connectivity index (χ4v) is 3.32. The standard InChI is InChI=1S/C18H14BrN3O/c19-13-8-6-11(7-9-13)14-10-15(23)20-18-16(14)17(21-22-18)12-4-2-1-3-5-12/h1-9,14H,10H2,(H2,20,21,22,23). The van der Waals surface area contributed by atoms with Crippen molar-refractivity contribution in [3.05, 3.63) is 70.2 Å². The molecule has 4 rings (SSSR count). The average molecular weight is 368 g/mol. The number of hydrogen-bond donors (Lipinski definition) is 2. The Balaban J connectivity index is 1.86. The van der Waals surface area contributed by atoms with Gasteiger partial charge in [-0.15, -0.1) is 0 Å². The second-order valence-corrected chi connectivity index (χ2v) is 6.50. The van der Waals surface area contributed by atoms with Crippen molar-refractivity contribution >= 4 is 27.7 Å². The van der Waals surface area contributed by atoms with E-state index in [-0.39, 0.29) is 11.8 Å². The van der Waals surface area contributed by atoms with Crippen LogP contribution in [0.5, 0.6) is 0 Å². The van der Waals surface area contributed by atoms with Gasteiger partial charge in [0.05, 0.1) is 5.69 Å². The Kier molecular flexibility index (Phi) is 3.50. The van der Waals surface area contributed by atoms with Crippen molar-refractivity contribution in [3.63, 3.8) is 0 Å². The largest absolute Gasteiger partial charge is 0.309 e. The molecule has 0 aliphatic carbocycles. The maximum absolute atomic E-state index is 12.0. The van der Waals surface area contributed by atoms with Gasteiger partial charge in [-0.2, -0.15) is 5.10 Å². The zero-order chi connectivity index (χ0) is 15.8. The molecule has 2 aromatic carbocycles. The van der Waals surface area contributed by atoms with Crippen LogP contribution in [0.25, 0.3) is 11.3 Å². The smallest absolute Gasteiger partial charge is 0.226 e. The molecule has 0 saturated carbocycles. The molecule has 1 aliphatic rings. The van der Waals surface area contributed by atoms with E-state index in [2.05, 4.69) is 43.6 Å². The predicted octanol–water partition coefficient (Wildman–Crippen LogP) is 4.31. The number of aromatic amines is 1. The Morgan fingerprint density at radius 1 is 1.04 bits per heavy atom. The van der Waals surface area contributed by atoms with Gasteiger partial charge in [0.15, 0.2) is 5.82 Å². The van der Waals surface area contributed by atoms with Gasteiger partial charge in [0.1, 0.15) is 0 Å². The number of amides is 1. The van der Waals surface area contributed by atoms with Gasteiger partial charge >= 0.3 is 0 Å². The average Bonchev–Trinajstić information content (AvgIpc) is 2.99. The summed E-state index contributed by atoms with van der Waals surface area (Å²) in [6, 6.07) is 18.2. The molecule has 1 unspecified atom stereocenters. The molecule has 0 saturated heterocycles. The third kappa shape index (κ3) is 2.57. The number of aromatic nitrogens is 2. The topological polar surface area (TPSA) is 57.8 Å². The number of rotatable bonds is 2. The third-order valence-corrected chi connectivity index (χ3v) is 4.66. The Morgan fingerprint density at radius 2 is 1.78 bits per heavy atom. The number of halogens is 1. The predicted molar refractivity (Wildman–Crippen MR) is 93.3 cm³/mol. The minimum atomic E-state index is -0.00321. The lowest BCUT2D eigenvalue weighted by Crippen LogP contribution is -2.23. The van der Waals surface area contributed by atoms with Gasteiger partial charge in [-0.1, -0.05) is 58.4 Å². The van der Waals surface area contributed by atoms with E-state index in [4.69, 9.17) is 0 Å². The maximum atomic E-state index is 12.0. The first-order valence-corrected chi connectivity index (χ1v) is 8.20. The SMILES string of the molecule is O=C1CC(c2ccc(Br)cc2)c2c(n[nH]c2-c2ccccc2)N1. The number of H-pyrrole nitrogens is 1. The second-order valence-electron chi connectivity index (χ2n) is 5.58. The quantitative estimate of drug-likeness (QED) is 0.708. The van der Waals surface area contributed by atoms with Crippen molar-refractivity contribution in [2.75, 3.05) is 5.32 Å². The van der Waals surface area contributed by atoms with Gasteiger partial charge in [0, 0.05) is 22.4 Å². The molecule has 23 heavy (non-hydrogen) atoms. The van der Waals surface area contributed by atoms with E-state index in [0.717, 1.165) is 26.9 Å². The molecule has 2 heterocycles. The summed E-state index contributed by atoms with van der Waals surface area (Å²) in [5, 5.41) is 10.3. The van der Waals surface area contributed by atoms with Crippen LogP contribution in [0.4, 0.5) is 5.82 Å². The summed E-state index contributed by atoms with van der Waals surface area (Å²) in [5.74, 6) is 0.630. The van der Waals surface area contributed by atoms with Crippen LogP contribution in [-0.4, -0.2) is 16.1 Å². The number of anilines is 1. The Morgan fingerprint density at radius 3 is 2.52 bits per heavy atom. The first kappa shape index (κ1) is 14.2. The zero-order valence-corrected chi connectivity index (χ0v) is 13.8. The van der Waals surface area contributed by atoms with Crippen molar-refractivity contribution in [1.29, 1.82) is 0 Å². The molecule has 5 heteroatoms. The number of hydrogen-bond acceptors (Lipinski definition) is 2. The lowest BCUT2D eigenvalue weighted by Gasteiger charge is -2.23. The van der Waals surface area contributed by atoms with Crippen molar-refractivity contribution in [3.8, 4) is 11.3 Å². The minimum absolute atomic E-state index is 0.000746.